The van der Waals surface area contributed by atoms with Gasteiger partial charge in [0.15, 0.2) is 5.58 Å². The molecule has 1 aliphatic heterocycles. The second-order valence-corrected chi connectivity index (χ2v) is 7.96. The van der Waals surface area contributed by atoms with Crippen LogP contribution in [0.3, 0.4) is 0 Å². The molecule has 2 aromatic carbocycles. The zero-order valence-corrected chi connectivity index (χ0v) is 16.3. The number of hydrogen-bond acceptors (Lipinski definition) is 3. The highest BCUT2D eigenvalue weighted by Crippen LogP contribution is 2.31. The molecule has 2 atom stereocenters. The summed E-state index contributed by atoms with van der Waals surface area (Å²) in [6.45, 7) is 5.67. The lowest BCUT2D eigenvalue weighted by molar-refractivity contribution is 0.0953. The Morgan fingerprint density at radius 2 is 1.88 bits per heavy atom. The molecule has 3 nitrogen and oxygen atoms in total. The summed E-state index contributed by atoms with van der Waals surface area (Å²) in [5.74, 6) is 0.666. The van der Waals surface area contributed by atoms with Crippen molar-refractivity contribution in [2.75, 3.05) is 0 Å². The first-order chi connectivity index (χ1) is 12.1. The highest BCUT2D eigenvalue weighted by molar-refractivity contribution is 9.10. The number of rotatable bonds is 3. The normalized spacial score (nSPS) is 21.7. The Hall–Kier alpha value is -1.65. The van der Waals surface area contributed by atoms with E-state index >= 15 is 0 Å². The number of aromatic nitrogens is 1. The monoisotopic (exact) mass is 398 g/mol. The smallest absolute Gasteiger partial charge is 0.228 e. The van der Waals surface area contributed by atoms with E-state index in [4.69, 9.17) is 9.40 Å². The second kappa shape index (κ2) is 6.93. The summed E-state index contributed by atoms with van der Waals surface area (Å²) in [5.41, 5.74) is 4.06. The minimum atomic E-state index is 0.646. The van der Waals surface area contributed by atoms with Crippen molar-refractivity contribution in [2.45, 2.75) is 51.7 Å². The van der Waals surface area contributed by atoms with Crippen LogP contribution in [0.2, 0.25) is 0 Å². The first-order valence-corrected chi connectivity index (χ1v) is 9.81. The van der Waals surface area contributed by atoms with Crippen LogP contribution in [0.15, 0.2) is 51.4 Å². The van der Waals surface area contributed by atoms with Gasteiger partial charge in [0.1, 0.15) is 5.52 Å². The van der Waals surface area contributed by atoms with Gasteiger partial charge in [-0.25, -0.2) is 4.98 Å². The summed E-state index contributed by atoms with van der Waals surface area (Å²) in [7, 11) is 0. The van der Waals surface area contributed by atoms with E-state index in [1.165, 1.54) is 24.8 Å². The molecular weight excluding hydrogens is 376 g/mol. The summed E-state index contributed by atoms with van der Waals surface area (Å²) in [6.07, 6.45) is 3.93. The molecule has 25 heavy (non-hydrogen) atoms. The zero-order valence-electron chi connectivity index (χ0n) is 14.7. The number of piperidine rings is 1. The van der Waals surface area contributed by atoms with Gasteiger partial charge in [-0.3, -0.25) is 4.90 Å². The van der Waals surface area contributed by atoms with Crippen LogP contribution in [0.25, 0.3) is 22.6 Å². The topological polar surface area (TPSA) is 29.3 Å². The highest BCUT2D eigenvalue weighted by atomic mass is 79.9. The van der Waals surface area contributed by atoms with Crippen molar-refractivity contribution in [1.82, 2.24) is 9.88 Å². The van der Waals surface area contributed by atoms with Gasteiger partial charge in [0.2, 0.25) is 5.89 Å². The molecule has 0 amide bonds. The van der Waals surface area contributed by atoms with Crippen molar-refractivity contribution in [1.29, 1.82) is 0 Å². The molecule has 0 aliphatic carbocycles. The number of hydrogen-bond donors (Lipinski definition) is 0. The standard InChI is InChI=1S/C21H23BrN2O/c1-14-6-5-7-15(2)24(14)13-16-10-11-20-19(12-16)23-21(25-20)17-8-3-4-9-18(17)22/h3-4,8-12,14-15H,5-7,13H2,1-2H3. The van der Waals surface area contributed by atoms with Gasteiger partial charge in [-0.15, -0.1) is 0 Å². The van der Waals surface area contributed by atoms with Gasteiger partial charge >= 0.3 is 0 Å². The van der Waals surface area contributed by atoms with Crippen molar-refractivity contribution < 1.29 is 4.42 Å². The van der Waals surface area contributed by atoms with Crippen LogP contribution in [0.1, 0.15) is 38.7 Å². The first kappa shape index (κ1) is 16.8. The Morgan fingerprint density at radius 3 is 2.64 bits per heavy atom. The molecule has 1 aliphatic rings. The molecule has 0 N–H and O–H groups in total. The van der Waals surface area contributed by atoms with E-state index in [2.05, 4.69) is 52.9 Å². The van der Waals surface area contributed by atoms with Gasteiger partial charge in [0.25, 0.3) is 0 Å². The van der Waals surface area contributed by atoms with Crippen LogP contribution in [0, 0.1) is 0 Å². The number of benzene rings is 2. The molecular formula is C21H23BrN2O. The molecule has 4 rings (SSSR count). The summed E-state index contributed by atoms with van der Waals surface area (Å²) in [5, 5.41) is 0. The molecule has 3 aromatic rings. The van der Waals surface area contributed by atoms with Crippen LogP contribution in [0.5, 0.6) is 0 Å². The van der Waals surface area contributed by atoms with Crippen LogP contribution in [-0.2, 0) is 6.54 Å². The van der Waals surface area contributed by atoms with Gasteiger partial charge in [0.05, 0.1) is 5.56 Å². The fourth-order valence-electron chi connectivity index (χ4n) is 3.82. The average molecular weight is 399 g/mol. The molecule has 1 fully saturated rings. The van der Waals surface area contributed by atoms with E-state index in [0.29, 0.717) is 18.0 Å². The summed E-state index contributed by atoms with van der Waals surface area (Å²) >= 11 is 3.58. The third-order valence-corrected chi connectivity index (χ3v) is 5.99. The third kappa shape index (κ3) is 3.38. The van der Waals surface area contributed by atoms with Crippen LogP contribution in [0.4, 0.5) is 0 Å². The highest BCUT2D eigenvalue weighted by Gasteiger charge is 2.24. The maximum absolute atomic E-state index is 5.97. The van der Waals surface area contributed by atoms with Crippen molar-refractivity contribution in [3.63, 3.8) is 0 Å². The predicted octanol–water partition coefficient (Wildman–Crippen LogP) is 6.02. The number of oxazole rings is 1. The predicted molar refractivity (Wildman–Crippen MR) is 105 cm³/mol. The average Bonchev–Trinajstić information content (AvgIpc) is 3.01. The van der Waals surface area contributed by atoms with E-state index in [1.54, 1.807) is 0 Å². The number of halogens is 1. The number of likely N-dealkylation sites (tertiary alicyclic amines) is 1. The molecule has 1 aromatic heterocycles. The van der Waals surface area contributed by atoms with Crippen molar-refractivity contribution in [3.8, 4) is 11.5 Å². The number of fused-ring (bicyclic) bond motifs is 1. The quantitative estimate of drug-likeness (QED) is 0.539. The molecule has 1 saturated heterocycles. The van der Waals surface area contributed by atoms with Gasteiger partial charge in [0, 0.05) is 23.1 Å². The lowest BCUT2D eigenvalue weighted by atomic mass is 9.97. The molecule has 2 unspecified atom stereocenters. The van der Waals surface area contributed by atoms with Crippen molar-refractivity contribution in [2.24, 2.45) is 0 Å². The van der Waals surface area contributed by atoms with Crippen molar-refractivity contribution >= 4 is 27.0 Å². The van der Waals surface area contributed by atoms with E-state index in [1.807, 2.05) is 24.3 Å². The van der Waals surface area contributed by atoms with E-state index < -0.39 is 0 Å². The SMILES string of the molecule is CC1CCCC(C)N1Cc1ccc2oc(-c3ccccc3Br)nc2c1. The molecule has 130 valence electrons. The maximum atomic E-state index is 5.97. The Bertz CT molecular complexity index is 878. The molecule has 4 heteroatoms. The lowest BCUT2D eigenvalue weighted by Gasteiger charge is -2.39. The molecule has 0 bridgehead atoms. The van der Waals surface area contributed by atoms with Gasteiger partial charge in [-0.05, 0) is 72.4 Å². The minimum absolute atomic E-state index is 0.646. The van der Waals surface area contributed by atoms with Crippen LogP contribution < -0.4 is 0 Å². The van der Waals surface area contributed by atoms with Gasteiger partial charge < -0.3 is 4.42 Å². The number of nitrogens with zero attached hydrogens (tertiary/aromatic N) is 2. The van der Waals surface area contributed by atoms with E-state index in [9.17, 15) is 0 Å². The Morgan fingerprint density at radius 1 is 1.12 bits per heavy atom. The van der Waals surface area contributed by atoms with Crippen LogP contribution in [-0.4, -0.2) is 22.0 Å². The van der Waals surface area contributed by atoms with E-state index in [-0.39, 0.29) is 0 Å². The minimum Gasteiger partial charge on any atom is -0.436 e. The van der Waals surface area contributed by atoms with E-state index in [0.717, 1.165) is 27.7 Å². The Kier molecular flexibility index (Phi) is 4.65. The third-order valence-electron chi connectivity index (χ3n) is 5.30. The zero-order chi connectivity index (χ0) is 17.4. The Labute approximate surface area is 157 Å². The van der Waals surface area contributed by atoms with Crippen molar-refractivity contribution in [3.05, 3.63) is 52.5 Å². The van der Waals surface area contributed by atoms with Gasteiger partial charge in [-0.1, -0.05) is 24.6 Å². The lowest BCUT2D eigenvalue weighted by Crippen LogP contribution is -2.42. The molecule has 0 saturated carbocycles. The fourth-order valence-corrected chi connectivity index (χ4v) is 4.27. The van der Waals surface area contributed by atoms with Gasteiger partial charge in [-0.2, -0.15) is 0 Å². The van der Waals surface area contributed by atoms with Crippen LogP contribution >= 0.6 is 15.9 Å². The fraction of sp³-hybridized carbons (Fsp3) is 0.381. The summed E-state index contributed by atoms with van der Waals surface area (Å²) < 4.78 is 6.97. The Balaban J connectivity index is 1.63. The molecule has 0 radical (unpaired) electrons. The second-order valence-electron chi connectivity index (χ2n) is 7.10. The largest absolute Gasteiger partial charge is 0.436 e. The summed E-state index contributed by atoms with van der Waals surface area (Å²) in [6, 6.07) is 15.7. The molecule has 2 heterocycles. The molecule has 0 spiro atoms. The summed E-state index contributed by atoms with van der Waals surface area (Å²) in [4.78, 5) is 7.33. The first-order valence-electron chi connectivity index (χ1n) is 9.02. The maximum Gasteiger partial charge on any atom is 0.228 e.